The quantitative estimate of drug-likeness (QED) is 0.875. The lowest BCUT2D eigenvalue weighted by molar-refractivity contribution is 0.249. The number of hydrogen-bond acceptors (Lipinski definition) is 5. The second-order valence-corrected chi connectivity index (χ2v) is 8.46. The van der Waals surface area contributed by atoms with E-state index in [1.165, 1.54) is 0 Å². The van der Waals surface area contributed by atoms with Crippen LogP contribution >= 0.6 is 11.3 Å². The Bertz CT molecular complexity index is 784. The Morgan fingerprint density at radius 3 is 2.73 bits per heavy atom. The minimum Gasteiger partial charge on any atom is -0.335 e. The molecule has 0 radical (unpaired) electrons. The van der Waals surface area contributed by atoms with Crippen molar-refractivity contribution in [2.45, 2.75) is 37.6 Å². The van der Waals surface area contributed by atoms with Gasteiger partial charge in [-0.05, 0) is 31.5 Å². The van der Waals surface area contributed by atoms with Gasteiger partial charge in [-0.3, -0.25) is 0 Å². The summed E-state index contributed by atoms with van der Waals surface area (Å²) in [5.74, 6) is 0.0231. The highest BCUT2D eigenvalue weighted by Gasteiger charge is 2.17. The second kappa shape index (κ2) is 6.62. The van der Waals surface area contributed by atoms with Gasteiger partial charge in [-0.15, -0.1) is 11.3 Å². The monoisotopic (exact) mass is 341 g/mol. The predicted molar refractivity (Wildman–Crippen MR) is 89.3 cm³/mol. The number of nitrogens with one attached hydrogen (secondary N) is 2. The third-order valence-electron chi connectivity index (χ3n) is 3.26. The molecule has 0 bridgehead atoms. The number of carbonyl (C=O) groups is 1. The van der Waals surface area contributed by atoms with Crippen molar-refractivity contribution in [1.29, 1.82) is 0 Å². The molecule has 1 aromatic carbocycles. The molecule has 120 valence electrons. The summed E-state index contributed by atoms with van der Waals surface area (Å²) in [4.78, 5) is 15.9. The number of thiazole rings is 1. The molecule has 8 heteroatoms. The van der Waals surface area contributed by atoms with Crippen LogP contribution in [-0.2, 0) is 9.84 Å². The van der Waals surface area contributed by atoms with Crippen molar-refractivity contribution in [1.82, 2.24) is 10.3 Å². The van der Waals surface area contributed by atoms with Crippen molar-refractivity contribution in [3.05, 3.63) is 18.2 Å². The molecule has 6 nitrogen and oxygen atoms in total. The lowest BCUT2D eigenvalue weighted by atomic mass is 10.2. The van der Waals surface area contributed by atoms with Crippen LogP contribution in [-0.4, -0.2) is 31.2 Å². The number of hydrogen-bond donors (Lipinski definition) is 2. The smallest absolute Gasteiger partial charge is 0.319 e. The molecule has 0 fully saturated rings. The van der Waals surface area contributed by atoms with Gasteiger partial charge in [-0.25, -0.2) is 18.2 Å². The van der Waals surface area contributed by atoms with Crippen LogP contribution in [0.4, 0.5) is 10.5 Å². The number of sulfone groups is 1. The number of nitrogens with zero attached hydrogens (tertiary/aromatic N) is 1. The maximum absolute atomic E-state index is 11.9. The molecule has 1 aromatic heterocycles. The number of aromatic nitrogens is 1. The van der Waals surface area contributed by atoms with E-state index < -0.39 is 9.84 Å². The third-order valence-corrected chi connectivity index (χ3v) is 6.47. The Labute approximate surface area is 133 Å². The molecule has 0 aliphatic heterocycles. The van der Waals surface area contributed by atoms with Gasteiger partial charge in [0.2, 0.25) is 14.2 Å². The lowest BCUT2D eigenvalue weighted by Gasteiger charge is -2.12. The molecule has 0 spiro atoms. The number of amides is 2. The van der Waals surface area contributed by atoms with E-state index in [-0.39, 0.29) is 22.2 Å². The van der Waals surface area contributed by atoms with Gasteiger partial charge in [0, 0.05) is 11.7 Å². The Kier molecular flexibility index (Phi) is 5.02. The highest BCUT2D eigenvalue weighted by molar-refractivity contribution is 7.93. The molecular formula is C14H19N3O3S2. The van der Waals surface area contributed by atoms with E-state index in [1.807, 2.05) is 13.8 Å². The molecular weight excluding hydrogens is 322 g/mol. The number of anilines is 1. The molecule has 1 heterocycles. The predicted octanol–water partition coefficient (Wildman–Crippen LogP) is 3.01. The first kappa shape index (κ1) is 16.7. The molecule has 0 saturated heterocycles. The summed E-state index contributed by atoms with van der Waals surface area (Å²) in [5.41, 5.74) is 1.22. The zero-order chi connectivity index (χ0) is 16.3. The van der Waals surface area contributed by atoms with Gasteiger partial charge in [-0.1, -0.05) is 13.8 Å². The molecule has 1 atom stereocenters. The first-order chi connectivity index (χ1) is 10.4. The van der Waals surface area contributed by atoms with Crippen LogP contribution in [0.15, 0.2) is 22.5 Å². The van der Waals surface area contributed by atoms with E-state index in [1.54, 1.807) is 25.1 Å². The van der Waals surface area contributed by atoms with Crippen LogP contribution < -0.4 is 10.6 Å². The fraction of sp³-hybridized carbons (Fsp3) is 0.429. The van der Waals surface area contributed by atoms with Crippen LogP contribution in [0.5, 0.6) is 0 Å². The van der Waals surface area contributed by atoms with Crippen molar-refractivity contribution < 1.29 is 13.2 Å². The summed E-state index contributed by atoms with van der Waals surface area (Å²) < 4.78 is 24.6. The number of benzene rings is 1. The SMILES string of the molecule is CC[C@H](C)NC(=O)Nc1ccc2nc(S(=O)(=O)CC)sc2c1. The maximum Gasteiger partial charge on any atom is 0.319 e. The van der Waals surface area contributed by atoms with Crippen LogP contribution in [0.25, 0.3) is 10.2 Å². The van der Waals surface area contributed by atoms with Crippen LogP contribution in [0, 0.1) is 0 Å². The Morgan fingerprint density at radius 1 is 1.36 bits per heavy atom. The number of fused-ring (bicyclic) bond motifs is 1. The first-order valence-electron chi connectivity index (χ1n) is 7.06. The number of rotatable bonds is 5. The summed E-state index contributed by atoms with van der Waals surface area (Å²) in [6.07, 6.45) is 0.847. The van der Waals surface area contributed by atoms with E-state index in [0.717, 1.165) is 22.5 Å². The largest absolute Gasteiger partial charge is 0.335 e. The molecule has 0 saturated carbocycles. The molecule has 0 unspecified atom stereocenters. The maximum atomic E-state index is 11.9. The van der Waals surface area contributed by atoms with Crippen molar-refractivity contribution in [3.8, 4) is 0 Å². The average Bonchev–Trinajstić information content (AvgIpc) is 2.90. The summed E-state index contributed by atoms with van der Waals surface area (Å²) in [7, 11) is -3.31. The fourth-order valence-corrected chi connectivity index (χ4v) is 4.08. The minimum absolute atomic E-state index is 0.0231. The molecule has 0 aliphatic rings. The van der Waals surface area contributed by atoms with Crippen molar-refractivity contribution in [2.24, 2.45) is 0 Å². The van der Waals surface area contributed by atoms with Gasteiger partial charge >= 0.3 is 6.03 Å². The highest BCUT2D eigenvalue weighted by Crippen LogP contribution is 2.28. The number of carbonyl (C=O) groups excluding carboxylic acids is 1. The fourth-order valence-electron chi connectivity index (χ4n) is 1.73. The van der Waals surface area contributed by atoms with Crippen LogP contribution in [0.2, 0.25) is 0 Å². The van der Waals surface area contributed by atoms with Crippen LogP contribution in [0.1, 0.15) is 27.2 Å². The second-order valence-electron chi connectivity index (χ2n) is 4.97. The highest BCUT2D eigenvalue weighted by atomic mass is 32.2. The van der Waals surface area contributed by atoms with E-state index in [9.17, 15) is 13.2 Å². The van der Waals surface area contributed by atoms with Gasteiger partial charge in [0.15, 0.2) is 0 Å². The first-order valence-corrected chi connectivity index (χ1v) is 9.53. The van der Waals surface area contributed by atoms with Gasteiger partial charge in [-0.2, -0.15) is 0 Å². The van der Waals surface area contributed by atoms with E-state index in [4.69, 9.17) is 0 Å². The summed E-state index contributed by atoms with van der Waals surface area (Å²) in [6.45, 7) is 5.51. The Balaban J connectivity index is 2.22. The van der Waals surface area contributed by atoms with E-state index >= 15 is 0 Å². The average molecular weight is 341 g/mol. The summed E-state index contributed by atoms with van der Waals surface area (Å²) in [6, 6.07) is 4.96. The molecule has 2 rings (SSSR count). The normalized spacial score (nSPS) is 13.0. The van der Waals surface area contributed by atoms with Gasteiger partial charge in [0.25, 0.3) is 0 Å². The van der Waals surface area contributed by atoms with Gasteiger partial charge in [0.1, 0.15) is 0 Å². The number of urea groups is 1. The van der Waals surface area contributed by atoms with Crippen LogP contribution in [0.3, 0.4) is 0 Å². The lowest BCUT2D eigenvalue weighted by Crippen LogP contribution is -2.35. The standard InChI is InChI=1S/C14H19N3O3S2/c1-4-9(3)15-13(18)16-10-6-7-11-12(8-10)21-14(17-11)22(19,20)5-2/h6-9H,4-5H2,1-3H3,(H2,15,16,18)/t9-/m0/s1. The van der Waals surface area contributed by atoms with E-state index in [0.29, 0.717) is 11.2 Å². The Hall–Kier alpha value is -1.67. The van der Waals surface area contributed by atoms with Gasteiger partial charge < -0.3 is 10.6 Å². The Morgan fingerprint density at radius 2 is 2.09 bits per heavy atom. The molecule has 2 N–H and O–H groups in total. The summed E-state index contributed by atoms with van der Waals surface area (Å²) >= 11 is 1.12. The van der Waals surface area contributed by atoms with Gasteiger partial charge in [0.05, 0.1) is 16.0 Å². The van der Waals surface area contributed by atoms with Crippen molar-refractivity contribution in [3.63, 3.8) is 0 Å². The zero-order valence-electron chi connectivity index (χ0n) is 12.7. The molecule has 2 aromatic rings. The molecule has 0 aliphatic carbocycles. The molecule has 2 amide bonds. The minimum atomic E-state index is -3.31. The zero-order valence-corrected chi connectivity index (χ0v) is 14.3. The van der Waals surface area contributed by atoms with Crippen molar-refractivity contribution in [2.75, 3.05) is 11.1 Å². The third kappa shape index (κ3) is 3.75. The summed E-state index contributed by atoms with van der Waals surface area (Å²) in [5, 5.41) is 5.55. The topological polar surface area (TPSA) is 88.2 Å². The molecule has 22 heavy (non-hydrogen) atoms. The van der Waals surface area contributed by atoms with E-state index in [2.05, 4.69) is 15.6 Å². The van der Waals surface area contributed by atoms with Crippen molar-refractivity contribution >= 4 is 43.1 Å².